The van der Waals surface area contributed by atoms with E-state index in [1.165, 1.54) is 0 Å². The molecule has 7 heteroatoms. The zero-order valence-electron chi connectivity index (χ0n) is 13.9. The van der Waals surface area contributed by atoms with Crippen molar-refractivity contribution >= 4 is 44.9 Å². The number of benzene rings is 2. The van der Waals surface area contributed by atoms with Gasteiger partial charge in [0.05, 0.1) is 5.69 Å². The lowest BCUT2D eigenvalue weighted by molar-refractivity contribution is -0.138. The molecule has 0 radical (unpaired) electrons. The van der Waals surface area contributed by atoms with E-state index in [2.05, 4.69) is 0 Å². The number of carboxylic acids is 1. The molecule has 25 heavy (non-hydrogen) atoms. The first kappa shape index (κ1) is 17.4. The van der Waals surface area contributed by atoms with Crippen LogP contribution in [0.1, 0.15) is 20.3 Å². The van der Waals surface area contributed by atoms with E-state index in [4.69, 9.17) is 4.42 Å². The Balaban J connectivity index is 2.14. The van der Waals surface area contributed by atoms with Gasteiger partial charge >= 0.3 is 5.97 Å². The van der Waals surface area contributed by atoms with Gasteiger partial charge < -0.3 is 9.52 Å². The summed E-state index contributed by atoms with van der Waals surface area (Å²) in [6.45, 7) is 3.75. The first-order valence-electron chi connectivity index (χ1n) is 7.92. The Kier molecular flexibility index (Phi) is 4.78. The van der Waals surface area contributed by atoms with Gasteiger partial charge in [0.15, 0.2) is 0 Å². The lowest BCUT2D eigenvalue weighted by Gasteiger charge is -2.28. The van der Waals surface area contributed by atoms with Gasteiger partial charge in [-0.15, -0.1) is 0 Å². The molecule has 132 valence electrons. The summed E-state index contributed by atoms with van der Waals surface area (Å²) in [6, 6.07) is 11.4. The summed E-state index contributed by atoms with van der Waals surface area (Å²) >= 11 is -2.46. The molecule has 0 aliphatic rings. The van der Waals surface area contributed by atoms with E-state index < -0.39 is 23.3 Å². The molecule has 2 aromatic carbocycles. The SMILES string of the molecule is CC(C)CC(C(=O)O)N(c1ccc2oc3ccccc3c2c1)S(=O)O. The van der Waals surface area contributed by atoms with Crippen LogP contribution in [-0.4, -0.2) is 25.9 Å². The highest BCUT2D eigenvalue weighted by molar-refractivity contribution is 7.80. The smallest absolute Gasteiger partial charge is 0.327 e. The summed E-state index contributed by atoms with van der Waals surface area (Å²) < 4.78 is 28.4. The standard InChI is InChI=1S/C18H19NO5S/c1-11(2)9-15(18(20)21)19(25(22)23)12-7-8-17-14(10-12)13-5-3-4-6-16(13)24-17/h3-8,10-11,15H,9H2,1-2H3,(H,20,21)(H,22,23). The summed E-state index contributed by atoms with van der Waals surface area (Å²) in [7, 11) is 0. The van der Waals surface area contributed by atoms with Gasteiger partial charge in [-0.2, -0.15) is 0 Å². The summed E-state index contributed by atoms with van der Waals surface area (Å²) in [4.78, 5) is 11.7. The van der Waals surface area contributed by atoms with Crippen molar-refractivity contribution in [1.82, 2.24) is 0 Å². The zero-order chi connectivity index (χ0) is 18.1. The molecule has 0 spiro atoms. The first-order valence-corrected chi connectivity index (χ1v) is 8.99. The number of furan rings is 1. The Morgan fingerprint density at radius 1 is 1.16 bits per heavy atom. The van der Waals surface area contributed by atoms with Gasteiger partial charge in [-0.1, -0.05) is 32.0 Å². The molecular weight excluding hydrogens is 342 g/mol. The van der Waals surface area contributed by atoms with Crippen LogP contribution >= 0.6 is 0 Å². The van der Waals surface area contributed by atoms with Crippen molar-refractivity contribution in [3.05, 3.63) is 42.5 Å². The molecule has 6 nitrogen and oxygen atoms in total. The molecule has 0 fully saturated rings. The molecule has 3 aromatic rings. The Labute approximate surface area is 147 Å². The van der Waals surface area contributed by atoms with E-state index in [1.54, 1.807) is 18.2 Å². The Morgan fingerprint density at radius 3 is 2.48 bits per heavy atom. The van der Waals surface area contributed by atoms with Gasteiger partial charge in [-0.3, -0.25) is 8.86 Å². The third-order valence-electron chi connectivity index (χ3n) is 4.05. The van der Waals surface area contributed by atoms with E-state index in [1.807, 2.05) is 38.1 Å². The van der Waals surface area contributed by atoms with Crippen molar-refractivity contribution in [2.24, 2.45) is 5.92 Å². The molecule has 0 aliphatic heterocycles. The zero-order valence-corrected chi connectivity index (χ0v) is 14.7. The summed E-state index contributed by atoms with van der Waals surface area (Å²) in [5.74, 6) is -1.07. The maximum absolute atomic E-state index is 11.9. The fourth-order valence-electron chi connectivity index (χ4n) is 2.97. The van der Waals surface area contributed by atoms with Crippen LogP contribution in [0, 0.1) is 5.92 Å². The second-order valence-corrected chi connectivity index (χ2v) is 7.17. The lowest BCUT2D eigenvalue weighted by Crippen LogP contribution is -2.43. The minimum absolute atomic E-state index is 0.0608. The van der Waals surface area contributed by atoms with Crippen LogP contribution in [-0.2, 0) is 16.1 Å². The van der Waals surface area contributed by atoms with Crippen LogP contribution < -0.4 is 4.31 Å². The maximum atomic E-state index is 11.9. The number of carbonyl (C=O) groups is 1. The number of fused-ring (bicyclic) bond motifs is 3. The number of anilines is 1. The second-order valence-electron chi connectivity index (χ2n) is 6.32. The highest BCUT2D eigenvalue weighted by Gasteiger charge is 2.31. The molecule has 3 rings (SSSR count). The van der Waals surface area contributed by atoms with Crippen LogP contribution in [0.2, 0.25) is 0 Å². The van der Waals surface area contributed by atoms with Crippen molar-refractivity contribution in [1.29, 1.82) is 0 Å². The van der Waals surface area contributed by atoms with Gasteiger partial charge in [0.2, 0.25) is 0 Å². The highest BCUT2D eigenvalue weighted by Crippen LogP contribution is 2.33. The number of hydrogen-bond acceptors (Lipinski definition) is 3. The fourth-order valence-corrected chi connectivity index (χ4v) is 3.66. The molecule has 2 unspecified atom stereocenters. The second kappa shape index (κ2) is 6.85. The van der Waals surface area contributed by atoms with Gasteiger partial charge in [-0.25, -0.2) is 9.00 Å². The molecule has 0 amide bonds. The van der Waals surface area contributed by atoms with Gasteiger partial charge in [0.25, 0.3) is 11.3 Å². The topological polar surface area (TPSA) is 91.0 Å². The molecule has 0 saturated carbocycles. The predicted octanol–water partition coefficient (Wildman–Crippen LogP) is 4.03. The summed E-state index contributed by atoms with van der Waals surface area (Å²) in [5.41, 5.74) is 1.72. The maximum Gasteiger partial charge on any atom is 0.327 e. The van der Waals surface area contributed by atoms with Crippen LogP contribution in [0.3, 0.4) is 0 Å². The summed E-state index contributed by atoms with van der Waals surface area (Å²) in [5, 5.41) is 11.2. The molecule has 1 heterocycles. The number of para-hydroxylation sites is 1. The molecule has 2 N–H and O–H groups in total. The van der Waals surface area contributed by atoms with Crippen LogP contribution in [0.4, 0.5) is 5.69 Å². The lowest BCUT2D eigenvalue weighted by atomic mass is 10.0. The van der Waals surface area contributed by atoms with E-state index in [0.29, 0.717) is 16.9 Å². The number of aliphatic carboxylic acids is 1. The normalized spacial score (nSPS) is 14.1. The molecule has 0 aliphatic carbocycles. The van der Waals surface area contributed by atoms with Crippen LogP contribution in [0.15, 0.2) is 46.9 Å². The average molecular weight is 361 g/mol. The van der Waals surface area contributed by atoms with Gasteiger partial charge in [-0.05, 0) is 36.6 Å². The molecule has 0 bridgehead atoms. The van der Waals surface area contributed by atoms with Gasteiger partial charge in [0, 0.05) is 10.8 Å². The summed E-state index contributed by atoms with van der Waals surface area (Å²) in [6.07, 6.45) is 0.256. The molecule has 1 aromatic heterocycles. The Hall–Kier alpha value is -2.38. The molecule has 0 saturated heterocycles. The predicted molar refractivity (Wildman–Crippen MR) is 97.8 cm³/mol. The number of rotatable bonds is 6. The van der Waals surface area contributed by atoms with E-state index >= 15 is 0 Å². The first-order chi connectivity index (χ1) is 11.9. The van der Waals surface area contributed by atoms with Crippen molar-refractivity contribution < 1.29 is 23.1 Å². The monoisotopic (exact) mass is 361 g/mol. The largest absolute Gasteiger partial charge is 0.480 e. The molecular formula is C18H19NO5S. The van der Waals surface area contributed by atoms with Crippen molar-refractivity contribution in [3.63, 3.8) is 0 Å². The van der Waals surface area contributed by atoms with E-state index in [-0.39, 0.29) is 12.3 Å². The van der Waals surface area contributed by atoms with Gasteiger partial charge in [0.1, 0.15) is 17.2 Å². The Morgan fingerprint density at radius 2 is 1.84 bits per heavy atom. The van der Waals surface area contributed by atoms with Crippen LogP contribution in [0.5, 0.6) is 0 Å². The Bertz CT molecular complexity index is 949. The number of carboxylic acid groups (broad SMARTS) is 1. The fraction of sp³-hybridized carbons (Fsp3) is 0.278. The number of hydrogen-bond donors (Lipinski definition) is 2. The average Bonchev–Trinajstić information content (AvgIpc) is 2.91. The molecule has 2 atom stereocenters. The van der Waals surface area contributed by atoms with Crippen LogP contribution in [0.25, 0.3) is 21.9 Å². The third kappa shape index (κ3) is 3.38. The van der Waals surface area contributed by atoms with Crippen molar-refractivity contribution in [3.8, 4) is 0 Å². The van der Waals surface area contributed by atoms with Crippen molar-refractivity contribution in [2.45, 2.75) is 26.3 Å². The quantitative estimate of drug-likeness (QED) is 0.647. The minimum atomic E-state index is -2.46. The van der Waals surface area contributed by atoms with Crippen molar-refractivity contribution in [2.75, 3.05) is 4.31 Å². The number of nitrogens with zero attached hydrogens (tertiary/aromatic N) is 1. The van der Waals surface area contributed by atoms with E-state index in [9.17, 15) is 18.7 Å². The van der Waals surface area contributed by atoms with E-state index in [0.717, 1.165) is 15.1 Å². The third-order valence-corrected chi connectivity index (χ3v) is 4.85. The highest BCUT2D eigenvalue weighted by atomic mass is 32.2. The minimum Gasteiger partial charge on any atom is -0.480 e.